The van der Waals surface area contributed by atoms with Crippen molar-refractivity contribution in [3.05, 3.63) is 24.3 Å². The van der Waals surface area contributed by atoms with Gasteiger partial charge in [0.15, 0.2) is 0 Å². The topological polar surface area (TPSA) is 64.3 Å². The summed E-state index contributed by atoms with van der Waals surface area (Å²) in [6.45, 7) is 3.49. The molecule has 4 heteroatoms. The minimum Gasteiger partial charge on any atom is -0.491 e. The molecule has 0 saturated carbocycles. The van der Waals surface area contributed by atoms with Gasteiger partial charge in [-0.2, -0.15) is 0 Å². The van der Waals surface area contributed by atoms with Gasteiger partial charge in [-0.05, 0) is 18.6 Å². The molecule has 0 bridgehead atoms. The number of nitrogens with one attached hydrogen (secondary N) is 1. The Labute approximate surface area is 121 Å². The highest BCUT2D eigenvalue weighted by atomic mass is 16.5. The largest absolute Gasteiger partial charge is 0.491 e. The summed E-state index contributed by atoms with van der Waals surface area (Å²) >= 11 is 0. The van der Waals surface area contributed by atoms with Crippen LogP contribution in [0.4, 0.5) is 5.69 Å². The Balaban J connectivity index is 2.31. The molecule has 0 saturated heterocycles. The molecule has 0 radical (unpaired) electrons. The van der Waals surface area contributed by atoms with Gasteiger partial charge in [0.2, 0.25) is 5.91 Å². The average molecular weight is 278 g/mol. The number of hydrogen-bond donors (Lipinski definition) is 2. The SMILES string of the molecule is CCCCCCCNc1ccccc1OCCC(N)=O. The molecule has 0 atom stereocenters. The first-order valence-electron chi connectivity index (χ1n) is 7.48. The van der Waals surface area contributed by atoms with E-state index in [0.29, 0.717) is 6.61 Å². The maximum Gasteiger partial charge on any atom is 0.220 e. The van der Waals surface area contributed by atoms with E-state index in [1.54, 1.807) is 0 Å². The summed E-state index contributed by atoms with van der Waals surface area (Å²) in [6, 6.07) is 7.79. The van der Waals surface area contributed by atoms with Gasteiger partial charge in [-0.25, -0.2) is 0 Å². The third-order valence-corrected chi connectivity index (χ3v) is 3.09. The van der Waals surface area contributed by atoms with E-state index in [1.807, 2.05) is 24.3 Å². The number of primary amides is 1. The molecular formula is C16H26N2O2. The Morgan fingerprint density at radius 2 is 1.95 bits per heavy atom. The van der Waals surface area contributed by atoms with Crippen LogP contribution in [0.5, 0.6) is 5.75 Å². The van der Waals surface area contributed by atoms with Gasteiger partial charge in [-0.1, -0.05) is 44.7 Å². The molecule has 1 rings (SSSR count). The summed E-state index contributed by atoms with van der Waals surface area (Å²) in [7, 11) is 0. The van der Waals surface area contributed by atoms with Crippen LogP contribution < -0.4 is 15.8 Å². The van der Waals surface area contributed by atoms with Gasteiger partial charge < -0.3 is 15.8 Å². The molecule has 4 nitrogen and oxygen atoms in total. The molecule has 0 aromatic heterocycles. The van der Waals surface area contributed by atoms with Crippen molar-refractivity contribution >= 4 is 11.6 Å². The molecule has 0 spiro atoms. The van der Waals surface area contributed by atoms with Crippen LogP contribution in [0.25, 0.3) is 0 Å². The van der Waals surface area contributed by atoms with Crippen molar-refractivity contribution in [1.29, 1.82) is 0 Å². The number of anilines is 1. The van der Waals surface area contributed by atoms with Gasteiger partial charge in [-0.3, -0.25) is 4.79 Å². The average Bonchev–Trinajstić information content (AvgIpc) is 2.44. The van der Waals surface area contributed by atoms with Crippen LogP contribution in [0.3, 0.4) is 0 Å². The zero-order valence-electron chi connectivity index (χ0n) is 12.4. The van der Waals surface area contributed by atoms with Crippen LogP contribution in [0.2, 0.25) is 0 Å². The minimum absolute atomic E-state index is 0.241. The fourth-order valence-corrected chi connectivity index (χ4v) is 1.95. The number of carbonyl (C=O) groups is 1. The number of carbonyl (C=O) groups excluding carboxylic acids is 1. The highest BCUT2D eigenvalue weighted by Gasteiger charge is 2.03. The highest BCUT2D eigenvalue weighted by Crippen LogP contribution is 2.23. The van der Waals surface area contributed by atoms with Gasteiger partial charge in [0.05, 0.1) is 18.7 Å². The van der Waals surface area contributed by atoms with E-state index in [0.717, 1.165) is 24.4 Å². The monoisotopic (exact) mass is 278 g/mol. The van der Waals surface area contributed by atoms with Gasteiger partial charge in [0, 0.05) is 6.54 Å². The van der Waals surface area contributed by atoms with Gasteiger partial charge in [-0.15, -0.1) is 0 Å². The maximum absolute atomic E-state index is 10.7. The van der Waals surface area contributed by atoms with E-state index < -0.39 is 0 Å². The van der Waals surface area contributed by atoms with Gasteiger partial charge in [0.1, 0.15) is 5.75 Å². The summed E-state index contributed by atoms with van der Waals surface area (Å²) in [6.07, 6.45) is 6.54. The number of ether oxygens (including phenoxy) is 1. The van der Waals surface area contributed by atoms with E-state index >= 15 is 0 Å². The lowest BCUT2D eigenvalue weighted by atomic mass is 10.1. The van der Waals surface area contributed by atoms with Gasteiger partial charge in [0.25, 0.3) is 0 Å². The molecule has 0 aliphatic rings. The van der Waals surface area contributed by atoms with Crippen LogP contribution in [-0.4, -0.2) is 19.1 Å². The van der Waals surface area contributed by atoms with Crippen molar-refractivity contribution in [2.45, 2.75) is 45.4 Å². The summed E-state index contributed by atoms with van der Waals surface area (Å²) < 4.78 is 5.58. The normalized spacial score (nSPS) is 10.2. The fourth-order valence-electron chi connectivity index (χ4n) is 1.95. The van der Waals surface area contributed by atoms with Crippen molar-refractivity contribution in [3.8, 4) is 5.75 Å². The first-order chi connectivity index (χ1) is 9.74. The quantitative estimate of drug-likeness (QED) is 0.610. The lowest BCUT2D eigenvalue weighted by Crippen LogP contribution is -2.15. The molecule has 1 amide bonds. The number of para-hydroxylation sites is 2. The number of hydrogen-bond acceptors (Lipinski definition) is 3. The van der Waals surface area contributed by atoms with Crippen molar-refractivity contribution in [2.24, 2.45) is 5.73 Å². The predicted molar refractivity (Wildman–Crippen MR) is 83.0 cm³/mol. The Morgan fingerprint density at radius 1 is 1.20 bits per heavy atom. The maximum atomic E-state index is 10.7. The number of unbranched alkanes of at least 4 members (excludes halogenated alkanes) is 4. The Kier molecular flexibility index (Phi) is 8.27. The molecule has 0 heterocycles. The predicted octanol–water partition coefficient (Wildman–Crippen LogP) is 3.32. The smallest absolute Gasteiger partial charge is 0.220 e. The van der Waals surface area contributed by atoms with E-state index in [1.165, 1.54) is 25.7 Å². The van der Waals surface area contributed by atoms with Crippen molar-refractivity contribution < 1.29 is 9.53 Å². The molecular weight excluding hydrogens is 252 g/mol. The zero-order chi connectivity index (χ0) is 14.6. The second kappa shape index (κ2) is 10.1. The van der Waals surface area contributed by atoms with E-state index in [9.17, 15) is 4.79 Å². The third kappa shape index (κ3) is 7.02. The summed E-state index contributed by atoms with van der Waals surface area (Å²) in [5.74, 6) is 0.439. The molecule has 0 unspecified atom stereocenters. The molecule has 3 N–H and O–H groups in total. The van der Waals surface area contributed by atoms with Crippen LogP contribution in [-0.2, 0) is 4.79 Å². The zero-order valence-corrected chi connectivity index (χ0v) is 12.4. The third-order valence-electron chi connectivity index (χ3n) is 3.09. The number of rotatable bonds is 11. The number of nitrogens with two attached hydrogens (primary N) is 1. The highest BCUT2D eigenvalue weighted by molar-refractivity contribution is 5.73. The Morgan fingerprint density at radius 3 is 2.70 bits per heavy atom. The second-order valence-corrected chi connectivity index (χ2v) is 4.90. The first-order valence-corrected chi connectivity index (χ1v) is 7.48. The molecule has 1 aromatic rings. The molecule has 20 heavy (non-hydrogen) atoms. The van der Waals surface area contributed by atoms with Crippen molar-refractivity contribution in [2.75, 3.05) is 18.5 Å². The van der Waals surface area contributed by atoms with Crippen molar-refractivity contribution in [3.63, 3.8) is 0 Å². The summed E-state index contributed by atoms with van der Waals surface area (Å²) in [4.78, 5) is 10.7. The van der Waals surface area contributed by atoms with Crippen LogP contribution in [0.1, 0.15) is 45.4 Å². The summed E-state index contributed by atoms with van der Waals surface area (Å²) in [5, 5.41) is 3.39. The van der Waals surface area contributed by atoms with Crippen LogP contribution in [0.15, 0.2) is 24.3 Å². The Bertz CT molecular complexity index is 394. The Hall–Kier alpha value is -1.71. The van der Waals surface area contributed by atoms with Crippen LogP contribution >= 0.6 is 0 Å². The number of benzene rings is 1. The molecule has 0 aliphatic carbocycles. The van der Waals surface area contributed by atoms with E-state index in [2.05, 4.69) is 12.2 Å². The first kappa shape index (κ1) is 16.3. The minimum atomic E-state index is -0.341. The van der Waals surface area contributed by atoms with Gasteiger partial charge >= 0.3 is 0 Å². The number of amides is 1. The molecule has 1 aromatic carbocycles. The molecule has 0 fully saturated rings. The summed E-state index contributed by atoms with van der Waals surface area (Å²) in [5.41, 5.74) is 6.08. The lowest BCUT2D eigenvalue weighted by Gasteiger charge is -2.12. The lowest BCUT2D eigenvalue weighted by molar-refractivity contribution is -0.118. The van der Waals surface area contributed by atoms with E-state index in [-0.39, 0.29) is 12.3 Å². The standard InChI is InChI=1S/C16H26N2O2/c1-2-3-4-5-8-12-18-14-9-6-7-10-15(14)20-13-11-16(17)19/h6-7,9-10,18H,2-5,8,11-13H2,1H3,(H2,17,19). The fraction of sp³-hybridized carbons (Fsp3) is 0.562. The van der Waals surface area contributed by atoms with Crippen molar-refractivity contribution in [1.82, 2.24) is 0 Å². The molecule has 112 valence electrons. The van der Waals surface area contributed by atoms with E-state index in [4.69, 9.17) is 10.5 Å². The second-order valence-electron chi connectivity index (χ2n) is 4.90. The molecule has 0 aliphatic heterocycles. The van der Waals surface area contributed by atoms with Crippen LogP contribution in [0, 0.1) is 0 Å².